The molecule has 0 saturated carbocycles. The number of thioether (sulfide) groups is 1. The number of carbonyl (C=O) groups excluding carboxylic acids is 2. The molecule has 176 valence electrons. The van der Waals surface area contributed by atoms with E-state index in [1.54, 1.807) is 24.2 Å². The van der Waals surface area contributed by atoms with Crippen molar-refractivity contribution in [2.75, 3.05) is 11.4 Å². The molecule has 0 bridgehead atoms. The van der Waals surface area contributed by atoms with Crippen molar-refractivity contribution in [2.24, 2.45) is 0 Å². The number of amides is 1. The highest BCUT2D eigenvalue weighted by Gasteiger charge is 2.26. The number of Topliss-reactive ketones (excluding diaryl/α,β-unsaturated/α-hetero) is 1. The molecule has 1 aliphatic rings. The first-order chi connectivity index (χ1) is 16.9. The van der Waals surface area contributed by atoms with E-state index in [0.29, 0.717) is 23.1 Å². The number of hydrogen-bond acceptors (Lipinski definition) is 6. The van der Waals surface area contributed by atoms with Gasteiger partial charge in [0.2, 0.25) is 5.91 Å². The monoisotopic (exact) mass is 483 g/mol. The number of carbonyl (C=O) groups is 2. The van der Waals surface area contributed by atoms with Crippen LogP contribution in [0.25, 0.3) is 17.1 Å². The Kier molecular flexibility index (Phi) is 6.21. The lowest BCUT2D eigenvalue weighted by atomic mass is 10.0. The minimum atomic E-state index is -0.382. The highest BCUT2D eigenvalue weighted by atomic mass is 32.2. The standard InChI is InChI=1S/C27H25N5O2S/c1-17-7-4-5-9-23(17)32-26(22-8-6-13-28-16-22)29-30-27(32)35-18(2)25(34)21-10-11-24-20(15-21)12-14-31(24)19(3)33/h4-11,13,15-16,18H,12,14H2,1-3H3/t18-/m1/s1. The first-order valence-electron chi connectivity index (χ1n) is 11.5. The predicted molar refractivity (Wildman–Crippen MR) is 137 cm³/mol. The molecule has 0 spiro atoms. The minimum Gasteiger partial charge on any atom is -0.312 e. The second-order valence-electron chi connectivity index (χ2n) is 8.56. The average Bonchev–Trinajstić information content (AvgIpc) is 3.48. The third-order valence-corrected chi connectivity index (χ3v) is 7.24. The summed E-state index contributed by atoms with van der Waals surface area (Å²) in [6, 6.07) is 17.5. The summed E-state index contributed by atoms with van der Waals surface area (Å²) in [6.45, 7) is 6.16. The van der Waals surface area contributed by atoms with Crippen LogP contribution in [0, 0.1) is 6.92 Å². The van der Waals surface area contributed by atoms with Crippen LogP contribution < -0.4 is 4.90 Å². The van der Waals surface area contributed by atoms with Crippen molar-refractivity contribution in [3.63, 3.8) is 0 Å². The quantitative estimate of drug-likeness (QED) is 0.286. The van der Waals surface area contributed by atoms with Gasteiger partial charge in [0.05, 0.1) is 10.9 Å². The number of rotatable bonds is 6. The maximum Gasteiger partial charge on any atom is 0.223 e. The van der Waals surface area contributed by atoms with E-state index in [4.69, 9.17) is 0 Å². The third kappa shape index (κ3) is 4.37. The Morgan fingerprint density at radius 2 is 1.86 bits per heavy atom. The van der Waals surface area contributed by atoms with E-state index in [2.05, 4.69) is 15.2 Å². The van der Waals surface area contributed by atoms with Gasteiger partial charge in [0.25, 0.3) is 0 Å². The highest BCUT2D eigenvalue weighted by molar-refractivity contribution is 8.00. The Balaban J connectivity index is 1.47. The zero-order chi connectivity index (χ0) is 24.5. The molecular weight excluding hydrogens is 458 g/mol. The van der Waals surface area contributed by atoms with Gasteiger partial charge in [-0.3, -0.25) is 19.1 Å². The molecule has 0 unspecified atom stereocenters. The van der Waals surface area contributed by atoms with Gasteiger partial charge in [-0.2, -0.15) is 0 Å². The van der Waals surface area contributed by atoms with E-state index >= 15 is 0 Å². The first kappa shape index (κ1) is 23.0. The zero-order valence-corrected chi connectivity index (χ0v) is 20.6. The van der Waals surface area contributed by atoms with Crippen molar-refractivity contribution in [3.8, 4) is 17.1 Å². The van der Waals surface area contributed by atoms with Gasteiger partial charge < -0.3 is 4.90 Å². The summed E-state index contributed by atoms with van der Waals surface area (Å²) in [6.07, 6.45) is 4.24. The van der Waals surface area contributed by atoms with Gasteiger partial charge in [-0.15, -0.1) is 10.2 Å². The lowest BCUT2D eigenvalue weighted by molar-refractivity contribution is -0.116. The van der Waals surface area contributed by atoms with Crippen LogP contribution in [-0.4, -0.2) is 43.2 Å². The van der Waals surface area contributed by atoms with Crippen LogP contribution in [0.1, 0.15) is 35.3 Å². The maximum absolute atomic E-state index is 13.4. The second kappa shape index (κ2) is 9.46. The van der Waals surface area contributed by atoms with Crippen LogP contribution >= 0.6 is 11.8 Å². The fourth-order valence-corrected chi connectivity index (χ4v) is 5.33. The first-order valence-corrected chi connectivity index (χ1v) is 12.4. The van der Waals surface area contributed by atoms with Crippen LogP contribution in [0.3, 0.4) is 0 Å². The van der Waals surface area contributed by atoms with Crippen LogP contribution in [0.5, 0.6) is 0 Å². The second-order valence-corrected chi connectivity index (χ2v) is 9.87. The van der Waals surface area contributed by atoms with E-state index in [0.717, 1.165) is 34.5 Å². The van der Waals surface area contributed by atoms with Gasteiger partial charge >= 0.3 is 0 Å². The number of benzene rings is 2. The molecule has 2 aromatic heterocycles. The SMILES string of the molecule is CC(=O)N1CCc2cc(C(=O)[C@@H](C)Sc3nnc(-c4cccnc4)n3-c3ccccc3C)ccc21. The predicted octanol–water partition coefficient (Wildman–Crippen LogP) is 4.91. The smallest absolute Gasteiger partial charge is 0.223 e. The number of aryl methyl sites for hydroxylation is 1. The van der Waals surface area contributed by atoms with E-state index in [-0.39, 0.29) is 16.9 Å². The van der Waals surface area contributed by atoms with Crippen molar-refractivity contribution in [1.29, 1.82) is 0 Å². The van der Waals surface area contributed by atoms with E-state index in [9.17, 15) is 9.59 Å². The molecule has 8 heteroatoms. The molecule has 1 aliphatic heterocycles. The molecule has 5 rings (SSSR count). The Bertz CT molecular complexity index is 1420. The van der Waals surface area contributed by atoms with Crippen LogP contribution in [0.15, 0.2) is 72.1 Å². The molecule has 1 amide bonds. The van der Waals surface area contributed by atoms with Crippen LogP contribution in [-0.2, 0) is 11.2 Å². The van der Waals surface area contributed by atoms with Gasteiger partial charge in [0, 0.05) is 42.7 Å². The Morgan fingerprint density at radius 3 is 2.60 bits per heavy atom. The molecular formula is C27H25N5O2S. The molecule has 4 aromatic rings. The van der Waals surface area contributed by atoms with Crippen molar-refractivity contribution in [1.82, 2.24) is 19.7 Å². The van der Waals surface area contributed by atoms with Gasteiger partial charge in [-0.25, -0.2) is 0 Å². The number of anilines is 1. The lowest BCUT2D eigenvalue weighted by Gasteiger charge is -2.16. The normalized spacial score (nSPS) is 13.5. The largest absolute Gasteiger partial charge is 0.312 e. The summed E-state index contributed by atoms with van der Waals surface area (Å²) in [4.78, 5) is 31.2. The summed E-state index contributed by atoms with van der Waals surface area (Å²) in [5, 5.41) is 9.19. The topological polar surface area (TPSA) is 81.0 Å². The molecule has 2 aromatic carbocycles. The van der Waals surface area contributed by atoms with Crippen molar-refractivity contribution in [3.05, 3.63) is 83.7 Å². The van der Waals surface area contributed by atoms with Gasteiger partial charge in [0.1, 0.15) is 0 Å². The highest BCUT2D eigenvalue weighted by Crippen LogP contribution is 2.34. The molecule has 0 radical (unpaired) electrons. The summed E-state index contributed by atoms with van der Waals surface area (Å²) in [7, 11) is 0. The average molecular weight is 484 g/mol. The molecule has 3 heterocycles. The van der Waals surface area contributed by atoms with Crippen molar-refractivity contribution in [2.45, 2.75) is 37.6 Å². The summed E-state index contributed by atoms with van der Waals surface area (Å²) < 4.78 is 1.99. The van der Waals surface area contributed by atoms with E-state index < -0.39 is 0 Å². The summed E-state index contributed by atoms with van der Waals surface area (Å²) in [5.41, 5.74) is 5.46. The fourth-order valence-electron chi connectivity index (χ4n) is 4.39. The Hall–Kier alpha value is -3.78. The number of fused-ring (bicyclic) bond motifs is 1. The molecule has 0 aliphatic carbocycles. The molecule has 35 heavy (non-hydrogen) atoms. The third-order valence-electron chi connectivity index (χ3n) is 6.20. The molecule has 0 N–H and O–H groups in total. The number of aromatic nitrogens is 4. The Morgan fingerprint density at radius 1 is 1.03 bits per heavy atom. The van der Waals surface area contributed by atoms with Gasteiger partial charge in [-0.1, -0.05) is 30.0 Å². The number of hydrogen-bond donors (Lipinski definition) is 0. The van der Waals surface area contributed by atoms with E-state index in [1.165, 1.54) is 11.8 Å². The minimum absolute atomic E-state index is 0.0151. The molecule has 7 nitrogen and oxygen atoms in total. The Labute approximate surface area is 208 Å². The van der Waals surface area contributed by atoms with Gasteiger partial charge in [-0.05, 0) is 67.8 Å². The van der Waals surface area contributed by atoms with Crippen molar-refractivity contribution >= 4 is 29.1 Å². The zero-order valence-electron chi connectivity index (χ0n) is 19.8. The van der Waals surface area contributed by atoms with Crippen molar-refractivity contribution < 1.29 is 9.59 Å². The lowest BCUT2D eigenvalue weighted by Crippen LogP contribution is -2.25. The van der Waals surface area contributed by atoms with Crippen LogP contribution in [0.2, 0.25) is 0 Å². The molecule has 0 fully saturated rings. The summed E-state index contributed by atoms with van der Waals surface area (Å²) in [5.74, 6) is 0.712. The van der Waals surface area contributed by atoms with E-state index in [1.807, 2.05) is 73.0 Å². The fraction of sp³-hybridized carbons (Fsp3) is 0.222. The number of ketones is 1. The van der Waals surface area contributed by atoms with Gasteiger partial charge in [0.15, 0.2) is 16.8 Å². The number of para-hydroxylation sites is 1. The summed E-state index contributed by atoms with van der Waals surface area (Å²) >= 11 is 1.39. The molecule has 1 atom stereocenters. The van der Waals surface area contributed by atoms with Crippen LogP contribution in [0.4, 0.5) is 5.69 Å². The molecule has 0 saturated heterocycles. The maximum atomic E-state index is 13.4. The number of nitrogens with zero attached hydrogens (tertiary/aromatic N) is 5. The number of pyridine rings is 1.